The van der Waals surface area contributed by atoms with Crippen LogP contribution in [0.1, 0.15) is 146 Å². The Balaban J connectivity index is 1.69. The summed E-state index contributed by atoms with van der Waals surface area (Å²) in [6.07, 6.45) is 9.48. The van der Waals surface area contributed by atoms with Gasteiger partial charge in [0.1, 0.15) is 0 Å². The van der Waals surface area contributed by atoms with E-state index < -0.39 is 21.5 Å². The van der Waals surface area contributed by atoms with E-state index in [-0.39, 0.29) is 7.25 Å². The quantitative estimate of drug-likeness (QED) is 0.118. The fraction of sp³-hybridized carbons (Fsp3) is 0.440. The summed E-state index contributed by atoms with van der Waals surface area (Å²) in [4.78, 5) is 0. The molecule has 54 heavy (non-hydrogen) atoms. The van der Waals surface area contributed by atoms with Gasteiger partial charge in [-0.3, -0.25) is 0 Å². The molecule has 0 N–H and O–H groups in total. The molecule has 0 saturated carbocycles. The van der Waals surface area contributed by atoms with E-state index >= 15 is 0 Å². The number of hydrogen-bond donors (Lipinski definition) is 0. The third-order valence-corrected chi connectivity index (χ3v) is 64.6. The van der Waals surface area contributed by atoms with Crippen molar-refractivity contribution < 1.29 is 15.6 Å². The third kappa shape index (κ3) is 6.90. The average molecular weight is 856 g/mol. The number of aryl methyl sites for hydroxylation is 2. The Morgan fingerprint density at radius 1 is 0.537 bits per heavy atom. The van der Waals surface area contributed by atoms with E-state index in [1.165, 1.54) is 77.9 Å². The molecule has 287 valence electrons. The van der Waals surface area contributed by atoms with Crippen molar-refractivity contribution in [2.45, 2.75) is 127 Å². The normalized spacial score (nSPS) is 17.7. The van der Waals surface area contributed by atoms with E-state index in [1.807, 2.05) is 0 Å². The molecular formula is C50H65Cl2SiZr. The molecule has 0 aromatic heterocycles. The second kappa shape index (κ2) is 16.1. The molecule has 0 aliphatic heterocycles. The molecule has 0 spiro atoms. The molecule has 2 unspecified atom stereocenters. The number of benzene rings is 4. The average Bonchev–Trinajstić information content (AvgIpc) is 3.73. The van der Waals surface area contributed by atoms with Gasteiger partial charge in [0.15, 0.2) is 0 Å². The molecule has 0 saturated heterocycles. The predicted octanol–water partition coefficient (Wildman–Crippen LogP) is 16.0. The van der Waals surface area contributed by atoms with Crippen LogP contribution in [0.4, 0.5) is 0 Å². The van der Waals surface area contributed by atoms with Crippen molar-refractivity contribution in [1.82, 2.24) is 0 Å². The van der Waals surface area contributed by atoms with Crippen molar-refractivity contribution >= 4 is 35.1 Å². The van der Waals surface area contributed by atoms with Gasteiger partial charge < -0.3 is 0 Å². The summed E-state index contributed by atoms with van der Waals surface area (Å²) in [7, 11) is 18.0. The van der Waals surface area contributed by atoms with Crippen molar-refractivity contribution in [2.24, 2.45) is 11.8 Å². The van der Waals surface area contributed by atoms with Gasteiger partial charge in [-0.1, -0.05) is 0 Å². The number of allylic oxidation sites excluding steroid dienone is 2. The van der Waals surface area contributed by atoms with Crippen molar-refractivity contribution in [2.75, 3.05) is 0 Å². The zero-order chi connectivity index (χ0) is 39.3. The third-order valence-electron chi connectivity index (χ3n) is 12.9. The monoisotopic (exact) mass is 853 g/mol. The molecule has 0 bridgehead atoms. The second-order valence-electron chi connectivity index (χ2n) is 18.0. The van der Waals surface area contributed by atoms with E-state index in [4.69, 9.17) is 17.0 Å². The Kier molecular flexibility index (Phi) is 12.4. The van der Waals surface area contributed by atoms with Crippen LogP contribution in [0.15, 0.2) is 83.9 Å². The van der Waals surface area contributed by atoms with Crippen molar-refractivity contribution in [3.05, 3.63) is 128 Å². The Hall–Kier alpha value is -1.96. The van der Waals surface area contributed by atoms with E-state index in [1.54, 1.807) is 0 Å². The second-order valence-corrected chi connectivity index (χ2v) is 60.5. The van der Waals surface area contributed by atoms with Gasteiger partial charge in [-0.2, -0.15) is 0 Å². The van der Waals surface area contributed by atoms with Crippen LogP contribution in [0.25, 0.3) is 34.4 Å². The molecule has 6 rings (SSSR count). The van der Waals surface area contributed by atoms with E-state index in [2.05, 4.69) is 167 Å². The Morgan fingerprint density at radius 2 is 0.907 bits per heavy atom. The minimum atomic E-state index is -5.02. The Labute approximate surface area is 337 Å². The van der Waals surface area contributed by atoms with Gasteiger partial charge in [-0.05, 0) is 0 Å². The van der Waals surface area contributed by atoms with Crippen molar-refractivity contribution in [1.29, 1.82) is 0 Å². The van der Waals surface area contributed by atoms with Gasteiger partial charge in [0.2, 0.25) is 0 Å². The summed E-state index contributed by atoms with van der Waals surface area (Å²) in [5.41, 5.74) is 19.8. The van der Waals surface area contributed by atoms with Crippen LogP contribution >= 0.6 is 17.0 Å². The van der Waals surface area contributed by atoms with Crippen LogP contribution in [0.3, 0.4) is 0 Å². The first-order valence-corrected chi connectivity index (χ1v) is 37.4. The van der Waals surface area contributed by atoms with Gasteiger partial charge >= 0.3 is 340 Å². The summed E-state index contributed by atoms with van der Waals surface area (Å²) in [6, 6.07) is 28.1. The summed E-state index contributed by atoms with van der Waals surface area (Å²) < 4.78 is 0.133. The van der Waals surface area contributed by atoms with E-state index in [0.717, 1.165) is 25.7 Å². The van der Waals surface area contributed by atoms with Crippen LogP contribution in [0.2, 0.25) is 13.1 Å². The molecule has 2 aliphatic rings. The number of halogens is 2. The van der Waals surface area contributed by atoms with Crippen LogP contribution in [0, 0.1) is 11.8 Å². The first-order valence-electron chi connectivity index (χ1n) is 21.1. The Morgan fingerprint density at radius 3 is 1.22 bits per heavy atom. The summed E-state index contributed by atoms with van der Waals surface area (Å²) in [5, 5.41) is 0. The molecule has 0 amide bonds. The molecule has 0 fully saturated rings. The summed E-state index contributed by atoms with van der Waals surface area (Å²) in [5.74, 6) is -0.216. The summed E-state index contributed by atoms with van der Waals surface area (Å²) in [6.45, 7) is 28.4. The number of fused-ring (bicyclic) bond motifs is 2. The van der Waals surface area contributed by atoms with Gasteiger partial charge in [0.25, 0.3) is 0 Å². The number of rotatable bonds is 13. The van der Waals surface area contributed by atoms with Crippen molar-refractivity contribution in [3.63, 3.8) is 0 Å². The first kappa shape index (κ1) is 41.7. The van der Waals surface area contributed by atoms with Gasteiger partial charge in [0.05, 0.1) is 0 Å². The van der Waals surface area contributed by atoms with Crippen molar-refractivity contribution in [3.8, 4) is 22.3 Å². The molecule has 4 heteroatoms. The standard InChI is InChI=1S/2C24H29.C2H7Si.2ClH.Zr/c2*1-6-9-18-12-13-19-14-20(16(2)3)15-23(19)24(18)22-11-8-7-10-21(22)17(4)5;1-3-2;;;/h2*7-8,10-17H,6,9H2,1-5H3;3H,1-2H3;2*1H;/q;;;;;+2/p-2. The maximum atomic E-state index is 8.99. The van der Waals surface area contributed by atoms with Crippen LogP contribution < -0.4 is 0 Å². The molecule has 2 aliphatic carbocycles. The predicted molar refractivity (Wildman–Crippen MR) is 242 cm³/mol. The van der Waals surface area contributed by atoms with E-state index in [0.29, 0.717) is 23.7 Å². The molecule has 2 atom stereocenters. The zero-order valence-corrected chi connectivity index (χ0v) is 40.3. The number of hydrogen-bond acceptors (Lipinski definition) is 0. The van der Waals surface area contributed by atoms with Gasteiger partial charge in [-0.25, -0.2) is 0 Å². The zero-order valence-electron chi connectivity index (χ0n) is 35.2. The fourth-order valence-electron chi connectivity index (χ4n) is 10.1. The minimum absolute atomic E-state index is 0.0666. The molecule has 0 nitrogen and oxygen atoms in total. The fourth-order valence-corrected chi connectivity index (χ4v) is 41.6. The summed E-state index contributed by atoms with van der Waals surface area (Å²) >= 11 is -5.02. The van der Waals surface area contributed by atoms with Gasteiger partial charge in [-0.15, -0.1) is 0 Å². The molecule has 0 heterocycles. The van der Waals surface area contributed by atoms with E-state index in [9.17, 15) is 0 Å². The van der Waals surface area contributed by atoms with Crippen LogP contribution in [0.5, 0.6) is 0 Å². The SMILES string of the molecule is CCCc1ccc2c(c1-c1ccccc1C(C)C)C=C(C(C)C)[CH]2[Zr]([Cl])([Cl])([CH]1C(C(C)C)=Cc2c1ccc(CCC)c2-c1ccccc1C(C)C)[SiH](C)C. The van der Waals surface area contributed by atoms with Gasteiger partial charge in [0, 0.05) is 0 Å². The molecular weight excluding hydrogens is 791 g/mol. The first-order chi connectivity index (χ1) is 25.6. The topological polar surface area (TPSA) is 0 Å². The molecule has 0 radical (unpaired) electrons. The molecule has 4 aromatic rings. The van der Waals surface area contributed by atoms with Crippen LogP contribution in [-0.4, -0.2) is 5.92 Å². The Bertz CT molecular complexity index is 1950. The maximum absolute atomic E-state index is 8.99. The molecule has 4 aromatic carbocycles. The van der Waals surface area contributed by atoms with Crippen LogP contribution in [-0.2, 0) is 28.4 Å².